The van der Waals surface area contributed by atoms with Gasteiger partial charge in [0.2, 0.25) is 0 Å². The molecule has 2 rings (SSSR count). The maximum atomic E-state index is 11.1. The molecule has 3 heteroatoms. The van der Waals surface area contributed by atoms with Crippen LogP contribution in [0, 0.1) is 6.92 Å². The predicted molar refractivity (Wildman–Crippen MR) is 64.7 cm³/mol. The molecule has 0 fully saturated rings. The number of aryl methyl sites for hydroxylation is 1. The zero-order chi connectivity index (χ0) is 12.3. The first-order valence-corrected chi connectivity index (χ1v) is 5.24. The van der Waals surface area contributed by atoms with Crippen molar-refractivity contribution in [2.24, 2.45) is 0 Å². The topological polar surface area (TPSA) is 46.5 Å². The molecule has 0 saturated heterocycles. The molecule has 0 atom stereocenters. The number of hydrogen-bond donors (Lipinski definition) is 1. The summed E-state index contributed by atoms with van der Waals surface area (Å²) in [5.41, 5.74) is 3.44. The molecule has 0 aromatic heterocycles. The number of benzene rings is 2. The molecular weight excluding hydrogens is 216 g/mol. The van der Waals surface area contributed by atoms with Crippen LogP contribution < -0.4 is 0 Å². The molecule has 2 aromatic rings. The molecule has 0 amide bonds. The van der Waals surface area contributed by atoms with Gasteiger partial charge in [-0.2, -0.15) is 5.26 Å². The summed E-state index contributed by atoms with van der Waals surface area (Å²) < 4.78 is 0. The van der Waals surface area contributed by atoms with Crippen LogP contribution >= 0.6 is 0 Å². The average molecular weight is 228 g/mol. The molecule has 0 radical (unpaired) electrons. The third kappa shape index (κ3) is 2.34. The van der Waals surface area contributed by atoms with Crippen molar-refractivity contribution in [2.75, 3.05) is 0 Å². The molecule has 0 heterocycles. The van der Waals surface area contributed by atoms with Gasteiger partial charge in [-0.25, -0.2) is 4.79 Å². The Morgan fingerprint density at radius 1 is 1.12 bits per heavy atom. The van der Waals surface area contributed by atoms with Gasteiger partial charge in [-0.15, -0.1) is 0 Å². The Balaban J connectivity index is 2.42. The van der Waals surface area contributed by atoms with Crippen molar-refractivity contribution in [3.8, 4) is 11.1 Å². The third-order valence-corrected chi connectivity index (χ3v) is 2.63. The van der Waals surface area contributed by atoms with E-state index in [-0.39, 0.29) is 0 Å². The molecule has 0 unspecified atom stereocenters. The molecule has 2 aromatic carbocycles. The Morgan fingerprint density at radius 3 is 2.41 bits per heavy atom. The van der Waals surface area contributed by atoms with Crippen LogP contribution in [0.5, 0.6) is 0 Å². The second-order valence-corrected chi connectivity index (χ2v) is 3.77. The lowest BCUT2D eigenvalue weighted by Crippen LogP contribution is -2.02. The minimum absolute atomic E-state index is 0.338. The maximum Gasteiger partial charge on any atom is 0.372 e. The van der Waals surface area contributed by atoms with Crippen molar-refractivity contribution in [1.29, 1.82) is 0 Å². The molecule has 0 spiro atoms. The first-order valence-electron chi connectivity index (χ1n) is 5.24. The van der Waals surface area contributed by atoms with Crippen molar-refractivity contribution in [1.82, 2.24) is 0 Å². The van der Waals surface area contributed by atoms with Crippen LogP contribution in [0.25, 0.3) is 11.1 Å². The number of carbonyl (C=O) groups excluding carboxylic acids is 1. The summed E-state index contributed by atoms with van der Waals surface area (Å²) in [6.45, 7) is 1.91. The molecule has 0 bridgehead atoms. The normalized spacial score (nSPS) is 10.0. The number of carbonyl (C=O) groups is 1. The van der Waals surface area contributed by atoms with Gasteiger partial charge in [0.15, 0.2) is 0 Å². The quantitative estimate of drug-likeness (QED) is 0.633. The molecule has 0 aliphatic rings. The second-order valence-electron chi connectivity index (χ2n) is 3.77. The molecule has 17 heavy (non-hydrogen) atoms. The van der Waals surface area contributed by atoms with Crippen LogP contribution in [0.3, 0.4) is 0 Å². The van der Waals surface area contributed by atoms with E-state index in [9.17, 15) is 4.79 Å². The van der Waals surface area contributed by atoms with Crippen molar-refractivity contribution in [3.05, 3.63) is 59.7 Å². The highest BCUT2D eigenvalue weighted by Gasteiger charge is 2.09. The lowest BCUT2D eigenvalue weighted by molar-refractivity contribution is -0.182. The summed E-state index contributed by atoms with van der Waals surface area (Å²) in [6.07, 6.45) is 0. The smallest absolute Gasteiger partial charge is 0.296 e. The molecule has 1 N–H and O–H groups in total. The van der Waals surface area contributed by atoms with E-state index in [0.29, 0.717) is 5.56 Å². The summed E-state index contributed by atoms with van der Waals surface area (Å²) in [4.78, 5) is 14.8. The van der Waals surface area contributed by atoms with E-state index in [1.165, 1.54) is 0 Å². The largest absolute Gasteiger partial charge is 0.372 e. The molecular formula is C14H12O3. The number of rotatable bonds is 2. The van der Waals surface area contributed by atoms with Gasteiger partial charge in [-0.05, 0) is 35.7 Å². The van der Waals surface area contributed by atoms with Gasteiger partial charge in [0, 0.05) is 0 Å². The van der Waals surface area contributed by atoms with Crippen LogP contribution in [0.15, 0.2) is 48.5 Å². The number of hydrogen-bond acceptors (Lipinski definition) is 3. The summed E-state index contributed by atoms with van der Waals surface area (Å²) >= 11 is 0. The minimum Gasteiger partial charge on any atom is -0.296 e. The highest BCUT2D eigenvalue weighted by atomic mass is 17.1. The van der Waals surface area contributed by atoms with Crippen molar-refractivity contribution in [3.63, 3.8) is 0 Å². The summed E-state index contributed by atoms with van der Waals surface area (Å²) in [5.74, 6) is -0.743. The van der Waals surface area contributed by atoms with E-state index in [2.05, 4.69) is 4.89 Å². The van der Waals surface area contributed by atoms with Crippen molar-refractivity contribution in [2.45, 2.75) is 6.92 Å². The van der Waals surface area contributed by atoms with Crippen molar-refractivity contribution >= 4 is 5.97 Å². The predicted octanol–water partition coefficient (Wildman–Crippen LogP) is 3.29. The molecule has 0 aliphatic carbocycles. The lowest BCUT2D eigenvalue weighted by Gasteiger charge is -2.07. The zero-order valence-electron chi connectivity index (χ0n) is 9.38. The van der Waals surface area contributed by atoms with Gasteiger partial charge in [0.1, 0.15) is 0 Å². The van der Waals surface area contributed by atoms with Crippen LogP contribution in [0.4, 0.5) is 0 Å². The van der Waals surface area contributed by atoms with Crippen LogP contribution in [0.2, 0.25) is 0 Å². The summed E-state index contributed by atoms with van der Waals surface area (Å²) in [6, 6.07) is 15.1. The molecule has 86 valence electrons. The van der Waals surface area contributed by atoms with Gasteiger partial charge in [0.05, 0.1) is 5.56 Å². The van der Waals surface area contributed by atoms with E-state index in [4.69, 9.17) is 5.26 Å². The first kappa shape index (κ1) is 11.4. The Kier molecular flexibility index (Phi) is 3.21. The lowest BCUT2D eigenvalue weighted by atomic mass is 9.98. The SMILES string of the molecule is Cc1cc(C(=O)OO)ccc1-c1ccccc1. The summed E-state index contributed by atoms with van der Waals surface area (Å²) in [7, 11) is 0. The summed E-state index contributed by atoms with van der Waals surface area (Å²) in [5, 5.41) is 8.32. The van der Waals surface area contributed by atoms with Crippen LogP contribution in [-0.2, 0) is 4.89 Å². The fourth-order valence-electron chi connectivity index (χ4n) is 1.78. The Bertz CT molecular complexity index is 532. The highest BCUT2D eigenvalue weighted by molar-refractivity contribution is 5.90. The Morgan fingerprint density at radius 2 is 1.82 bits per heavy atom. The van der Waals surface area contributed by atoms with E-state index in [1.54, 1.807) is 12.1 Å². The fourth-order valence-corrected chi connectivity index (χ4v) is 1.78. The van der Waals surface area contributed by atoms with Gasteiger partial charge in [-0.1, -0.05) is 36.4 Å². The Labute approximate surface area is 99.2 Å². The minimum atomic E-state index is -0.743. The van der Waals surface area contributed by atoms with Crippen molar-refractivity contribution < 1.29 is 14.9 Å². The maximum absolute atomic E-state index is 11.1. The molecule has 3 nitrogen and oxygen atoms in total. The van der Waals surface area contributed by atoms with E-state index in [0.717, 1.165) is 16.7 Å². The Hall–Kier alpha value is -2.13. The molecule has 0 saturated carbocycles. The average Bonchev–Trinajstić information content (AvgIpc) is 2.38. The van der Waals surface area contributed by atoms with E-state index < -0.39 is 5.97 Å². The first-order chi connectivity index (χ1) is 8.22. The van der Waals surface area contributed by atoms with E-state index in [1.807, 2.05) is 43.3 Å². The standard InChI is InChI=1S/C14H12O3/c1-10-9-12(14(15)17-16)7-8-13(10)11-5-3-2-4-6-11/h2-9,16H,1H3. The van der Waals surface area contributed by atoms with Gasteiger partial charge in [0.25, 0.3) is 0 Å². The molecule has 0 aliphatic heterocycles. The fraction of sp³-hybridized carbons (Fsp3) is 0.0714. The van der Waals surface area contributed by atoms with Crippen LogP contribution in [-0.4, -0.2) is 11.2 Å². The van der Waals surface area contributed by atoms with Crippen LogP contribution in [0.1, 0.15) is 15.9 Å². The van der Waals surface area contributed by atoms with Gasteiger partial charge in [-0.3, -0.25) is 4.89 Å². The van der Waals surface area contributed by atoms with Gasteiger partial charge >= 0.3 is 5.97 Å². The van der Waals surface area contributed by atoms with Gasteiger partial charge < -0.3 is 0 Å². The van der Waals surface area contributed by atoms with E-state index >= 15 is 0 Å². The zero-order valence-corrected chi connectivity index (χ0v) is 9.38. The third-order valence-electron chi connectivity index (χ3n) is 2.63. The highest BCUT2D eigenvalue weighted by Crippen LogP contribution is 2.24. The second kappa shape index (κ2) is 4.80. The monoisotopic (exact) mass is 228 g/mol.